The zero-order chi connectivity index (χ0) is 15.8. The molecule has 5 heteroatoms. The molecular weight excluding hydrogens is 306 g/mol. The third-order valence-electron chi connectivity index (χ3n) is 4.58. The number of nitrogens with zero attached hydrogens (tertiary/aromatic N) is 3. The first kappa shape index (κ1) is 14.7. The number of rotatable bonds is 1. The summed E-state index contributed by atoms with van der Waals surface area (Å²) in [7, 11) is 2.12. The Morgan fingerprint density at radius 3 is 2.70 bits per heavy atom. The first-order valence-electron chi connectivity index (χ1n) is 7.98. The Labute approximate surface area is 140 Å². The first-order valence-corrected chi connectivity index (χ1v) is 8.80. The van der Waals surface area contributed by atoms with E-state index in [2.05, 4.69) is 23.0 Å². The number of piperidine rings is 1. The number of anilines is 2. The number of aromatic nitrogens is 1. The number of carbonyl (C=O) groups excluding carboxylic acids is 1. The number of hydrogen-bond acceptors (Lipinski definition) is 4. The molecule has 23 heavy (non-hydrogen) atoms. The molecule has 4 rings (SSSR count). The summed E-state index contributed by atoms with van der Waals surface area (Å²) < 4.78 is 0. The van der Waals surface area contributed by atoms with Crippen LogP contribution in [-0.2, 0) is 4.79 Å². The maximum atomic E-state index is 13.2. The lowest BCUT2D eigenvalue weighted by Gasteiger charge is -2.35. The van der Waals surface area contributed by atoms with Crippen molar-refractivity contribution in [3.63, 3.8) is 0 Å². The Bertz CT molecular complexity index is 695. The highest BCUT2D eigenvalue weighted by atomic mass is 32.2. The Hall–Kier alpha value is -1.85. The summed E-state index contributed by atoms with van der Waals surface area (Å²) in [6.45, 7) is 1.96. The third-order valence-corrected chi connectivity index (χ3v) is 5.68. The molecule has 0 unspecified atom stereocenters. The van der Waals surface area contributed by atoms with E-state index in [1.165, 1.54) is 0 Å². The molecule has 2 aromatic rings. The fourth-order valence-electron chi connectivity index (χ4n) is 3.25. The van der Waals surface area contributed by atoms with Crippen LogP contribution in [0.3, 0.4) is 0 Å². The van der Waals surface area contributed by atoms with Gasteiger partial charge in [0.25, 0.3) is 0 Å². The minimum Gasteiger partial charge on any atom is -0.306 e. The molecule has 2 aliphatic rings. The van der Waals surface area contributed by atoms with Crippen LogP contribution in [0.5, 0.6) is 0 Å². The summed E-state index contributed by atoms with van der Waals surface area (Å²) in [4.78, 5) is 24.0. The van der Waals surface area contributed by atoms with Crippen molar-refractivity contribution < 1.29 is 4.79 Å². The van der Waals surface area contributed by atoms with Gasteiger partial charge in [-0.25, -0.2) is 4.98 Å². The van der Waals surface area contributed by atoms with Gasteiger partial charge in [0.2, 0.25) is 5.91 Å². The SMILES string of the molecule is CN1CCC(C(=O)N2c3ccccc3Sc3cccnc32)CC1. The van der Waals surface area contributed by atoms with E-state index in [1.807, 2.05) is 35.2 Å². The standard InChI is InChI=1S/C18H19N3OS/c1-20-11-8-13(9-12-20)18(22)21-14-5-2-3-6-15(14)23-16-7-4-10-19-17(16)21/h2-7,10,13H,8-9,11-12H2,1H3. The number of likely N-dealkylation sites (tertiary alicyclic amines) is 1. The van der Waals surface area contributed by atoms with Crippen LogP contribution in [0.1, 0.15) is 12.8 Å². The molecule has 118 valence electrons. The quantitative estimate of drug-likeness (QED) is 0.803. The zero-order valence-electron chi connectivity index (χ0n) is 13.1. The molecule has 1 fully saturated rings. The van der Waals surface area contributed by atoms with Gasteiger partial charge in [0.1, 0.15) is 0 Å². The maximum Gasteiger partial charge on any atom is 0.236 e. The van der Waals surface area contributed by atoms with Crippen molar-refractivity contribution in [1.82, 2.24) is 9.88 Å². The molecule has 0 spiro atoms. The summed E-state index contributed by atoms with van der Waals surface area (Å²) in [5.74, 6) is 1.04. The summed E-state index contributed by atoms with van der Waals surface area (Å²) in [6, 6.07) is 12.1. The molecule has 1 aromatic heterocycles. The van der Waals surface area contributed by atoms with Gasteiger partial charge in [-0.1, -0.05) is 23.9 Å². The van der Waals surface area contributed by atoms with E-state index >= 15 is 0 Å². The molecule has 0 bridgehead atoms. The van der Waals surface area contributed by atoms with E-state index in [9.17, 15) is 4.79 Å². The van der Waals surface area contributed by atoms with Gasteiger partial charge in [-0.15, -0.1) is 0 Å². The highest BCUT2D eigenvalue weighted by Crippen LogP contribution is 2.47. The fraction of sp³-hybridized carbons (Fsp3) is 0.333. The average molecular weight is 325 g/mol. The van der Waals surface area contributed by atoms with Crippen LogP contribution in [-0.4, -0.2) is 35.9 Å². The molecule has 4 nitrogen and oxygen atoms in total. The lowest BCUT2D eigenvalue weighted by Crippen LogP contribution is -2.40. The lowest BCUT2D eigenvalue weighted by atomic mass is 9.95. The molecule has 0 atom stereocenters. The van der Waals surface area contributed by atoms with Crippen molar-refractivity contribution >= 4 is 29.2 Å². The Morgan fingerprint density at radius 2 is 1.87 bits per heavy atom. The smallest absolute Gasteiger partial charge is 0.236 e. The van der Waals surface area contributed by atoms with Crippen LogP contribution < -0.4 is 4.90 Å². The van der Waals surface area contributed by atoms with E-state index in [1.54, 1.807) is 18.0 Å². The number of amides is 1. The van der Waals surface area contributed by atoms with Crippen molar-refractivity contribution in [2.45, 2.75) is 22.6 Å². The van der Waals surface area contributed by atoms with Crippen LogP contribution >= 0.6 is 11.8 Å². The van der Waals surface area contributed by atoms with Crippen molar-refractivity contribution in [2.24, 2.45) is 5.92 Å². The third kappa shape index (κ3) is 2.64. The fourth-order valence-corrected chi connectivity index (χ4v) is 4.28. The van der Waals surface area contributed by atoms with Crippen LogP contribution in [0, 0.1) is 5.92 Å². The Balaban J connectivity index is 1.74. The number of pyridine rings is 1. The summed E-state index contributed by atoms with van der Waals surface area (Å²) >= 11 is 1.69. The number of para-hydroxylation sites is 1. The summed E-state index contributed by atoms with van der Waals surface area (Å²) in [5, 5.41) is 0. The average Bonchev–Trinajstić information content (AvgIpc) is 2.59. The van der Waals surface area contributed by atoms with E-state index in [0.717, 1.165) is 47.2 Å². The lowest BCUT2D eigenvalue weighted by molar-refractivity contribution is -0.123. The second-order valence-electron chi connectivity index (χ2n) is 6.15. The maximum absolute atomic E-state index is 13.2. The highest BCUT2D eigenvalue weighted by molar-refractivity contribution is 7.99. The van der Waals surface area contributed by atoms with Crippen LogP contribution in [0.2, 0.25) is 0 Å². The van der Waals surface area contributed by atoms with Gasteiger partial charge in [-0.3, -0.25) is 9.69 Å². The zero-order valence-corrected chi connectivity index (χ0v) is 13.9. The molecule has 1 aromatic carbocycles. The molecule has 2 aliphatic heterocycles. The van der Waals surface area contributed by atoms with Crippen molar-refractivity contribution in [1.29, 1.82) is 0 Å². The van der Waals surface area contributed by atoms with E-state index in [4.69, 9.17) is 0 Å². The van der Waals surface area contributed by atoms with Gasteiger partial charge in [0.05, 0.1) is 10.6 Å². The van der Waals surface area contributed by atoms with Gasteiger partial charge in [-0.05, 0) is 57.2 Å². The minimum atomic E-state index is 0.0808. The van der Waals surface area contributed by atoms with Gasteiger partial charge in [0, 0.05) is 17.0 Å². The highest BCUT2D eigenvalue weighted by Gasteiger charge is 2.34. The topological polar surface area (TPSA) is 36.4 Å². The number of hydrogen-bond donors (Lipinski definition) is 0. The van der Waals surface area contributed by atoms with Crippen LogP contribution in [0.4, 0.5) is 11.5 Å². The van der Waals surface area contributed by atoms with Crippen molar-refractivity contribution in [3.05, 3.63) is 42.6 Å². The molecule has 1 saturated heterocycles. The number of fused-ring (bicyclic) bond motifs is 2. The molecule has 3 heterocycles. The molecule has 0 saturated carbocycles. The second kappa shape index (κ2) is 5.98. The van der Waals surface area contributed by atoms with Crippen molar-refractivity contribution in [2.75, 3.05) is 25.0 Å². The van der Waals surface area contributed by atoms with Crippen LogP contribution in [0.15, 0.2) is 52.4 Å². The summed E-state index contributed by atoms with van der Waals surface area (Å²) in [5.41, 5.74) is 0.965. The number of benzene rings is 1. The Morgan fingerprint density at radius 1 is 1.13 bits per heavy atom. The van der Waals surface area contributed by atoms with Crippen molar-refractivity contribution in [3.8, 4) is 0 Å². The van der Waals surface area contributed by atoms with Gasteiger partial charge < -0.3 is 4.90 Å². The Kier molecular flexibility index (Phi) is 3.83. The summed E-state index contributed by atoms with van der Waals surface area (Å²) in [6.07, 6.45) is 3.61. The predicted molar refractivity (Wildman–Crippen MR) is 92.2 cm³/mol. The molecule has 1 amide bonds. The van der Waals surface area contributed by atoms with E-state index in [0.29, 0.717) is 0 Å². The van der Waals surface area contributed by atoms with Gasteiger partial charge in [0.15, 0.2) is 5.82 Å². The van der Waals surface area contributed by atoms with Gasteiger partial charge in [-0.2, -0.15) is 0 Å². The molecule has 0 radical (unpaired) electrons. The second-order valence-corrected chi connectivity index (χ2v) is 7.23. The largest absolute Gasteiger partial charge is 0.306 e. The first-order chi connectivity index (χ1) is 11.2. The molecular formula is C18H19N3OS. The minimum absolute atomic E-state index is 0.0808. The monoisotopic (exact) mass is 325 g/mol. The van der Waals surface area contributed by atoms with Gasteiger partial charge >= 0.3 is 0 Å². The van der Waals surface area contributed by atoms with Crippen LogP contribution in [0.25, 0.3) is 0 Å². The van der Waals surface area contributed by atoms with E-state index < -0.39 is 0 Å². The number of carbonyl (C=O) groups is 1. The molecule has 0 aliphatic carbocycles. The predicted octanol–water partition coefficient (Wildman–Crippen LogP) is 3.55. The molecule has 0 N–H and O–H groups in total. The van der Waals surface area contributed by atoms with E-state index in [-0.39, 0.29) is 11.8 Å². The normalized spacial score (nSPS) is 18.4.